The van der Waals surface area contributed by atoms with Crippen LogP contribution in [0.1, 0.15) is 15.9 Å². The molecular formula is C15H13ClN4O3. The first-order valence-electron chi connectivity index (χ1n) is 6.72. The molecule has 0 fully saturated rings. The Labute approximate surface area is 136 Å². The van der Waals surface area contributed by atoms with Crippen molar-refractivity contribution in [3.63, 3.8) is 0 Å². The number of carbonyl (C=O) groups is 1. The highest BCUT2D eigenvalue weighted by atomic mass is 35.5. The number of hydrogen-bond donors (Lipinski definition) is 0. The van der Waals surface area contributed by atoms with E-state index in [2.05, 4.69) is 19.7 Å². The summed E-state index contributed by atoms with van der Waals surface area (Å²) in [5, 5.41) is 0.0852. The van der Waals surface area contributed by atoms with Gasteiger partial charge in [-0.25, -0.2) is 9.78 Å². The van der Waals surface area contributed by atoms with Gasteiger partial charge in [-0.15, -0.1) is 0 Å². The Morgan fingerprint density at radius 1 is 1.22 bits per heavy atom. The molecule has 118 valence electrons. The monoisotopic (exact) mass is 332 g/mol. The van der Waals surface area contributed by atoms with Crippen molar-refractivity contribution < 1.29 is 14.3 Å². The van der Waals surface area contributed by atoms with E-state index in [-0.39, 0.29) is 11.3 Å². The standard InChI is InChI=1S/C15H13ClN4O3/c1-22-13-11-12(18-15(16)19-13)17-8-20(11)7-9-3-5-10(6-4-9)14(21)23-2/h3-6,8H,7H2,1-2H3. The summed E-state index contributed by atoms with van der Waals surface area (Å²) in [6.07, 6.45) is 1.65. The fraction of sp³-hybridized carbons (Fsp3) is 0.200. The van der Waals surface area contributed by atoms with E-state index in [1.807, 2.05) is 16.7 Å². The molecule has 23 heavy (non-hydrogen) atoms. The molecule has 2 heterocycles. The van der Waals surface area contributed by atoms with E-state index in [1.165, 1.54) is 14.2 Å². The number of fused-ring (bicyclic) bond motifs is 1. The number of imidazole rings is 1. The predicted molar refractivity (Wildman–Crippen MR) is 83.8 cm³/mol. The Morgan fingerprint density at radius 2 is 1.96 bits per heavy atom. The fourth-order valence-corrected chi connectivity index (χ4v) is 2.40. The zero-order valence-electron chi connectivity index (χ0n) is 12.5. The minimum atomic E-state index is -0.366. The maximum Gasteiger partial charge on any atom is 0.337 e. The van der Waals surface area contributed by atoms with E-state index in [0.29, 0.717) is 29.2 Å². The van der Waals surface area contributed by atoms with Crippen LogP contribution in [-0.2, 0) is 11.3 Å². The van der Waals surface area contributed by atoms with Crippen LogP contribution in [0.3, 0.4) is 0 Å². The summed E-state index contributed by atoms with van der Waals surface area (Å²) in [5.74, 6) is -0.00183. The zero-order valence-corrected chi connectivity index (χ0v) is 13.2. The third-order valence-corrected chi connectivity index (χ3v) is 3.50. The molecule has 1 aromatic carbocycles. The normalized spacial score (nSPS) is 10.7. The van der Waals surface area contributed by atoms with Crippen molar-refractivity contribution in [2.75, 3.05) is 14.2 Å². The van der Waals surface area contributed by atoms with Crippen LogP contribution in [0.4, 0.5) is 0 Å². The molecule has 0 amide bonds. The van der Waals surface area contributed by atoms with Gasteiger partial charge in [0.25, 0.3) is 0 Å². The SMILES string of the molecule is COC(=O)c1ccc(Cn2cnc3nc(Cl)nc(OC)c32)cc1. The van der Waals surface area contributed by atoms with Gasteiger partial charge in [0.2, 0.25) is 11.2 Å². The third kappa shape index (κ3) is 2.95. The molecule has 3 rings (SSSR count). The van der Waals surface area contributed by atoms with E-state index < -0.39 is 0 Å². The number of hydrogen-bond acceptors (Lipinski definition) is 6. The molecule has 7 nitrogen and oxygen atoms in total. The molecule has 0 aliphatic carbocycles. The second kappa shape index (κ2) is 6.21. The number of methoxy groups -OCH3 is 2. The molecule has 2 aromatic heterocycles. The van der Waals surface area contributed by atoms with Gasteiger partial charge in [0.1, 0.15) is 0 Å². The molecule has 0 radical (unpaired) electrons. The van der Waals surface area contributed by atoms with Crippen LogP contribution in [0.15, 0.2) is 30.6 Å². The molecule has 8 heteroatoms. The molecule has 3 aromatic rings. The number of rotatable bonds is 4. The first kappa shape index (κ1) is 15.2. The minimum Gasteiger partial charge on any atom is -0.479 e. The summed E-state index contributed by atoms with van der Waals surface area (Å²) in [6, 6.07) is 7.12. The van der Waals surface area contributed by atoms with Gasteiger partial charge in [-0.2, -0.15) is 9.97 Å². The number of esters is 1. The minimum absolute atomic E-state index is 0.0852. The fourth-order valence-electron chi connectivity index (χ4n) is 2.24. The Kier molecular flexibility index (Phi) is 4.12. The van der Waals surface area contributed by atoms with Crippen molar-refractivity contribution in [2.24, 2.45) is 0 Å². The maximum absolute atomic E-state index is 11.4. The lowest BCUT2D eigenvalue weighted by Crippen LogP contribution is -2.03. The van der Waals surface area contributed by atoms with E-state index in [4.69, 9.17) is 16.3 Å². The Bertz CT molecular complexity index is 861. The van der Waals surface area contributed by atoms with Crippen LogP contribution in [0.25, 0.3) is 11.2 Å². The molecule has 0 spiro atoms. The van der Waals surface area contributed by atoms with Gasteiger partial charge >= 0.3 is 5.97 Å². The van der Waals surface area contributed by atoms with Gasteiger partial charge in [-0.3, -0.25) is 0 Å². The number of nitrogens with zero attached hydrogens (tertiary/aromatic N) is 4. The summed E-state index contributed by atoms with van der Waals surface area (Å²) in [5.41, 5.74) is 2.61. The van der Waals surface area contributed by atoms with Gasteiger partial charge in [-0.1, -0.05) is 12.1 Å². The molecule has 0 N–H and O–H groups in total. The molecule has 0 saturated heterocycles. The molecule has 0 aliphatic heterocycles. The van der Waals surface area contributed by atoms with Crippen molar-refractivity contribution in [1.82, 2.24) is 19.5 Å². The second-order valence-corrected chi connectivity index (χ2v) is 5.07. The van der Waals surface area contributed by atoms with Crippen LogP contribution in [0.5, 0.6) is 5.88 Å². The Balaban J connectivity index is 1.94. The first-order valence-corrected chi connectivity index (χ1v) is 7.10. The van der Waals surface area contributed by atoms with Crippen LogP contribution in [0, 0.1) is 0 Å². The molecule has 0 saturated carbocycles. The van der Waals surface area contributed by atoms with Crippen molar-refractivity contribution in [3.8, 4) is 5.88 Å². The van der Waals surface area contributed by atoms with Crippen molar-refractivity contribution in [3.05, 3.63) is 47.0 Å². The summed E-state index contributed by atoms with van der Waals surface area (Å²) in [4.78, 5) is 23.8. The first-order chi connectivity index (χ1) is 11.1. The van der Waals surface area contributed by atoms with E-state index in [0.717, 1.165) is 5.56 Å². The molecular weight excluding hydrogens is 320 g/mol. The van der Waals surface area contributed by atoms with E-state index in [9.17, 15) is 4.79 Å². The highest BCUT2D eigenvalue weighted by Crippen LogP contribution is 2.24. The van der Waals surface area contributed by atoms with Crippen LogP contribution in [0.2, 0.25) is 5.28 Å². The Morgan fingerprint density at radius 3 is 2.61 bits per heavy atom. The largest absolute Gasteiger partial charge is 0.479 e. The number of aromatic nitrogens is 4. The average Bonchev–Trinajstić information content (AvgIpc) is 2.96. The highest BCUT2D eigenvalue weighted by Gasteiger charge is 2.14. The van der Waals surface area contributed by atoms with E-state index >= 15 is 0 Å². The van der Waals surface area contributed by atoms with Crippen molar-refractivity contribution in [2.45, 2.75) is 6.54 Å². The van der Waals surface area contributed by atoms with Crippen LogP contribution >= 0.6 is 11.6 Å². The lowest BCUT2D eigenvalue weighted by atomic mass is 10.1. The number of halogens is 1. The molecule has 0 atom stereocenters. The number of ether oxygens (including phenoxy) is 2. The lowest BCUT2D eigenvalue weighted by molar-refractivity contribution is 0.0600. The van der Waals surface area contributed by atoms with Crippen molar-refractivity contribution >= 4 is 28.7 Å². The highest BCUT2D eigenvalue weighted by molar-refractivity contribution is 6.28. The van der Waals surface area contributed by atoms with Crippen LogP contribution < -0.4 is 4.74 Å². The smallest absolute Gasteiger partial charge is 0.337 e. The second-order valence-electron chi connectivity index (χ2n) is 4.74. The molecule has 0 bridgehead atoms. The number of carbonyl (C=O) groups excluding carboxylic acids is 1. The maximum atomic E-state index is 11.4. The van der Waals surface area contributed by atoms with Gasteiger partial charge in [-0.05, 0) is 29.3 Å². The van der Waals surface area contributed by atoms with Crippen LogP contribution in [-0.4, -0.2) is 39.7 Å². The van der Waals surface area contributed by atoms with Gasteiger partial charge in [0.15, 0.2) is 11.2 Å². The van der Waals surface area contributed by atoms with E-state index in [1.54, 1.807) is 18.5 Å². The average molecular weight is 333 g/mol. The summed E-state index contributed by atoms with van der Waals surface area (Å²) in [7, 11) is 2.87. The van der Waals surface area contributed by atoms with Gasteiger partial charge < -0.3 is 14.0 Å². The van der Waals surface area contributed by atoms with Gasteiger partial charge in [0, 0.05) is 6.54 Å². The number of benzene rings is 1. The third-order valence-electron chi connectivity index (χ3n) is 3.33. The summed E-state index contributed by atoms with van der Waals surface area (Å²) < 4.78 is 11.8. The molecule has 0 aliphatic rings. The quantitative estimate of drug-likeness (QED) is 0.539. The zero-order chi connectivity index (χ0) is 16.4. The summed E-state index contributed by atoms with van der Waals surface area (Å²) in [6.45, 7) is 0.527. The van der Waals surface area contributed by atoms with Crippen molar-refractivity contribution in [1.29, 1.82) is 0 Å². The van der Waals surface area contributed by atoms with Gasteiger partial charge in [0.05, 0.1) is 26.1 Å². The molecule has 0 unspecified atom stereocenters. The summed E-state index contributed by atoms with van der Waals surface area (Å²) >= 11 is 5.84. The predicted octanol–water partition coefficient (Wildman–Crippen LogP) is 2.32. The topological polar surface area (TPSA) is 79.1 Å². The lowest BCUT2D eigenvalue weighted by Gasteiger charge is -2.08. The Hall–Kier alpha value is -2.67.